The van der Waals surface area contributed by atoms with Gasteiger partial charge in [-0.05, 0) is 62.1 Å². The molecule has 2 aromatic carbocycles. The third-order valence-electron chi connectivity index (χ3n) is 6.17. The zero-order valence-electron chi connectivity index (χ0n) is 19.6. The molecule has 0 radical (unpaired) electrons. The molecule has 2 aliphatic rings. The molecule has 1 saturated heterocycles. The van der Waals surface area contributed by atoms with E-state index in [0.717, 1.165) is 31.2 Å². The van der Waals surface area contributed by atoms with Crippen molar-refractivity contribution in [2.75, 3.05) is 23.4 Å². The summed E-state index contributed by atoms with van der Waals surface area (Å²) in [6.07, 6.45) is 4.16. The number of aryl methyl sites for hydroxylation is 2. The lowest BCUT2D eigenvalue weighted by atomic mass is 10.1. The SMILES string of the molecule is Cc1cccc(N2N=C(C(=O)Nc3ccc(C)c(S(=O)(=O)N4CCCCCC4)c3)CCC2=O)c1. The highest BCUT2D eigenvalue weighted by Crippen LogP contribution is 2.26. The normalized spacial score (nSPS) is 17.8. The van der Waals surface area contributed by atoms with Gasteiger partial charge in [0.15, 0.2) is 0 Å². The maximum Gasteiger partial charge on any atom is 0.271 e. The Kier molecular flexibility index (Phi) is 7.13. The summed E-state index contributed by atoms with van der Waals surface area (Å²) in [5, 5.41) is 8.34. The van der Waals surface area contributed by atoms with Gasteiger partial charge < -0.3 is 5.32 Å². The Hall–Kier alpha value is -3.04. The Morgan fingerprint density at radius 3 is 2.41 bits per heavy atom. The van der Waals surface area contributed by atoms with Crippen LogP contribution in [0.15, 0.2) is 52.5 Å². The first-order valence-electron chi connectivity index (χ1n) is 11.6. The summed E-state index contributed by atoms with van der Waals surface area (Å²) in [7, 11) is -3.66. The Balaban J connectivity index is 1.56. The minimum atomic E-state index is -3.66. The van der Waals surface area contributed by atoms with Crippen LogP contribution in [0.1, 0.15) is 49.7 Å². The number of carbonyl (C=O) groups excluding carboxylic acids is 2. The van der Waals surface area contributed by atoms with Gasteiger partial charge in [-0.25, -0.2) is 13.4 Å². The molecule has 0 aliphatic carbocycles. The Morgan fingerprint density at radius 2 is 1.71 bits per heavy atom. The molecule has 0 saturated carbocycles. The van der Waals surface area contributed by atoms with Crippen LogP contribution in [0.3, 0.4) is 0 Å². The minimum absolute atomic E-state index is 0.169. The van der Waals surface area contributed by atoms with Crippen LogP contribution in [-0.4, -0.2) is 43.3 Å². The zero-order valence-corrected chi connectivity index (χ0v) is 20.4. The monoisotopic (exact) mass is 482 g/mol. The van der Waals surface area contributed by atoms with Crippen LogP contribution in [0.5, 0.6) is 0 Å². The van der Waals surface area contributed by atoms with Crippen LogP contribution in [0.4, 0.5) is 11.4 Å². The van der Waals surface area contributed by atoms with E-state index in [0.29, 0.717) is 30.0 Å². The van der Waals surface area contributed by atoms with Gasteiger partial charge in [0.1, 0.15) is 5.71 Å². The molecular weight excluding hydrogens is 452 g/mol. The standard InChI is InChI=1S/C25H30N4O4S/c1-18-8-7-9-21(16-18)29-24(30)13-12-22(27-29)25(31)26-20-11-10-19(2)23(17-20)34(32,33)28-14-5-3-4-6-15-28/h7-11,16-17H,3-6,12-15H2,1-2H3,(H,26,31). The number of nitrogens with one attached hydrogen (secondary N) is 1. The van der Waals surface area contributed by atoms with Crippen molar-refractivity contribution in [2.24, 2.45) is 5.10 Å². The van der Waals surface area contributed by atoms with E-state index in [-0.39, 0.29) is 29.4 Å². The number of carbonyl (C=O) groups is 2. The van der Waals surface area contributed by atoms with Gasteiger partial charge in [-0.15, -0.1) is 0 Å². The van der Waals surface area contributed by atoms with Gasteiger partial charge >= 0.3 is 0 Å². The van der Waals surface area contributed by atoms with Crippen LogP contribution in [0.25, 0.3) is 0 Å². The Labute approximate surface area is 200 Å². The third-order valence-corrected chi connectivity index (χ3v) is 8.21. The molecule has 1 N–H and O–H groups in total. The van der Waals surface area contributed by atoms with E-state index in [1.54, 1.807) is 29.4 Å². The minimum Gasteiger partial charge on any atom is -0.321 e. The predicted molar refractivity (Wildman–Crippen MR) is 132 cm³/mol. The summed E-state index contributed by atoms with van der Waals surface area (Å²) < 4.78 is 28.2. The lowest BCUT2D eigenvalue weighted by Gasteiger charge is -2.24. The van der Waals surface area contributed by atoms with Crippen LogP contribution >= 0.6 is 0 Å². The van der Waals surface area contributed by atoms with Crippen molar-refractivity contribution >= 4 is 38.9 Å². The molecule has 0 unspecified atom stereocenters. The van der Waals surface area contributed by atoms with Crippen LogP contribution in [-0.2, 0) is 19.6 Å². The first-order chi connectivity index (χ1) is 16.3. The quantitative estimate of drug-likeness (QED) is 0.697. The topological polar surface area (TPSA) is 99.2 Å². The fourth-order valence-corrected chi connectivity index (χ4v) is 6.03. The summed E-state index contributed by atoms with van der Waals surface area (Å²) in [5.74, 6) is -0.629. The summed E-state index contributed by atoms with van der Waals surface area (Å²) in [6.45, 7) is 4.70. The molecule has 1 fully saturated rings. The highest BCUT2D eigenvalue weighted by atomic mass is 32.2. The molecule has 2 heterocycles. The highest BCUT2D eigenvalue weighted by Gasteiger charge is 2.28. The first-order valence-corrected chi connectivity index (χ1v) is 13.1. The molecule has 9 heteroatoms. The fourth-order valence-electron chi connectivity index (χ4n) is 4.26. The third kappa shape index (κ3) is 5.20. The summed E-state index contributed by atoms with van der Waals surface area (Å²) >= 11 is 0. The number of hydrogen-bond acceptors (Lipinski definition) is 5. The fraction of sp³-hybridized carbons (Fsp3) is 0.400. The maximum atomic E-state index is 13.3. The average Bonchev–Trinajstić information content (AvgIpc) is 3.11. The molecule has 0 spiro atoms. The second-order valence-electron chi connectivity index (χ2n) is 8.84. The first kappa shape index (κ1) is 24.1. The molecule has 0 bridgehead atoms. The molecule has 2 amide bonds. The number of hydrazone groups is 1. The lowest BCUT2D eigenvalue weighted by molar-refractivity contribution is -0.118. The molecule has 180 valence electrons. The van der Waals surface area contributed by atoms with Gasteiger partial charge in [0.2, 0.25) is 15.9 Å². The molecule has 34 heavy (non-hydrogen) atoms. The van der Waals surface area contributed by atoms with Crippen LogP contribution in [0.2, 0.25) is 0 Å². The van der Waals surface area contributed by atoms with Crippen molar-refractivity contribution in [1.82, 2.24) is 4.31 Å². The second-order valence-corrected chi connectivity index (χ2v) is 10.8. The largest absolute Gasteiger partial charge is 0.321 e. The van der Waals surface area contributed by atoms with Gasteiger partial charge in [0, 0.05) is 31.6 Å². The molecular formula is C25H30N4O4S. The molecule has 4 rings (SSSR count). The lowest BCUT2D eigenvalue weighted by Crippen LogP contribution is -2.36. The Bertz CT molecular complexity index is 1230. The van der Waals surface area contributed by atoms with E-state index in [1.807, 2.05) is 25.1 Å². The number of rotatable bonds is 5. The summed E-state index contributed by atoms with van der Waals surface area (Å²) in [5.41, 5.74) is 2.82. The number of sulfonamides is 1. The van der Waals surface area contributed by atoms with Crippen molar-refractivity contribution < 1.29 is 18.0 Å². The van der Waals surface area contributed by atoms with Gasteiger partial charge in [-0.2, -0.15) is 9.41 Å². The Morgan fingerprint density at radius 1 is 0.971 bits per heavy atom. The number of anilines is 2. The molecule has 8 nitrogen and oxygen atoms in total. The molecule has 0 atom stereocenters. The number of hydrogen-bond donors (Lipinski definition) is 1. The summed E-state index contributed by atoms with van der Waals surface area (Å²) in [6, 6.07) is 12.3. The molecule has 2 aliphatic heterocycles. The van der Waals surface area contributed by atoms with E-state index in [2.05, 4.69) is 10.4 Å². The highest BCUT2D eigenvalue weighted by molar-refractivity contribution is 7.89. The average molecular weight is 483 g/mol. The second kappa shape index (κ2) is 10.1. The van der Waals surface area contributed by atoms with E-state index in [4.69, 9.17) is 0 Å². The van der Waals surface area contributed by atoms with Gasteiger partial charge in [0.05, 0.1) is 10.6 Å². The van der Waals surface area contributed by atoms with Gasteiger partial charge in [-0.1, -0.05) is 31.0 Å². The van der Waals surface area contributed by atoms with Crippen molar-refractivity contribution in [2.45, 2.75) is 57.3 Å². The maximum absolute atomic E-state index is 13.3. The van der Waals surface area contributed by atoms with E-state index >= 15 is 0 Å². The molecule has 0 aromatic heterocycles. The predicted octanol–water partition coefficient (Wildman–Crippen LogP) is 3.99. The number of benzene rings is 2. The number of nitrogens with zero attached hydrogens (tertiary/aromatic N) is 3. The zero-order chi connectivity index (χ0) is 24.3. The van der Waals surface area contributed by atoms with E-state index in [1.165, 1.54) is 11.1 Å². The smallest absolute Gasteiger partial charge is 0.271 e. The summed E-state index contributed by atoms with van der Waals surface area (Å²) in [4.78, 5) is 25.6. The van der Waals surface area contributed by atoms with Gasteiger partial charge in [0.25, 0.3) is 5.91 Å². The van der Waals surface area contributed by atoms with E-state index in [9.17, 15) is 18.0 Å². The van der Waals surface area contributed by atoms with Crippen molar-refractivity contribution in [1.29, 1.82) is 0 Å². The number of amides is 2. The van der Waals surface area contributed by atoms with Crippen molar-refractivity contribution in [3.05, 3.63) is 53.6 Å². The van der Waals surface area contributed by atoms with Crippen molar-refractivity contribution in [3.8, 4) is 0 Å². The molecule has 2 aromatic rings. The van der Waals surface area contributed by atoms with Crippen LogP contribution < -0.4 is 10.3 Å². The van der Waals surface area contributed by atoms with E-state index < -0.39 is 15.9 Å². The van der Waals surface area contributed by atoms with Gasteiger partial charge in [-0.3, -0.25) is 9.59 Å². The van der Waals surface area contributed by atoms with Crippen molar-refractivity contribution in [3.63, 3.8) is 0 Å². The van der Waals surface area contributed by atoms with Crippen LogP contribution in [0, 0.1) is 13.8 Å².